The summed E-state index contributed by atoms with van der Waals surface area (Å²) in [6.45, 7) is 0. The predicted octanol–water partition coefficient (Wildman–Crippen LogP) is 2.19. The molecule has 12 heteroatoms. The number of nitrogens with one attached hydrogen (secondary N) is 2. The van der Waals surface area contributed by atoms with E-state index in [1.165, 1.54) is 11.8 Å². The number of nitrogens with two attached hydrogens (primary N) is 1. The van der Waals surface area contributed by atoms with E-state index in [1.807, 2.05) is 24.3 Å². The highest BCUT2D eigenvalue weighted by Gasteiger charge is 2.13. The molecule has 0 aliphatic carbocycles. The molecule has 1 heterocycles. The summed E-state index contributed by atoms with van der Waals surface area (Å²) in [5.41, 5.74) is 4.09. The standard InChI is InChI=1S/C20H23N7O4S/c1-29-15-7-5-4-6-13(15)11-22-24-19-25-26-20(27(19)21)32-12-18(28)23-14-8-9-16(30-2)17(10-14)31-3/h4-11H,12,21H2,1-3H3,(H,23,28)(H,24,25)/b22-11+. The summed E-state index contributed by atoms with van der Waals surface area (Å²) in [7, 11) is 4.66. The molecule has 1 amide bonds. The minimum atomic E-state index is -0.242. The molecule has 1 aromatic heterocycles. The Balaban J connectivity index is 1.55. The molecule has 0 saturated carbocycles. The van der Waals surface area contributed by atoms with Crippen molar-refractivity contribution in [3.63, 3.8) is 0 Å². The van der Waals surface area contributed by atoms with Crippen molar-refractivity contribution in [2.75, 3.05) is 43.7 Å². The molecule has 0 aliphatic rings. The highest BCUT2D eigenvalue weighted by Crippen LogP contribution is 2.30. The second-order valence-corrected chi connectivity index (χ2v) is 7.14. The number of amides is 1. The third-order valence-electron chi connectivity index (χ3n) is 4.17. The average molecular weight is 458 g/mol. The third kappa shape index (κ3) is 5.60. The van der Waals surface area contributed by atoms with E-state index < -0.39 is 0 Å². The Morgan fingerprint density at radius 2 is 1.84 bits per heavy atom. The van der Waals surface area contributed by atoms with Gasteiger partial charge >= 0.3 is 0 Å². The van der Waals surface area contributed by atoms with E-state index in [2.05, 4.69) is 26.0 Å². The van der Waals surface area contributed by atoms with E-state index in [0.717, 1.165) is 17.3 Å². The number of nitrogen functional groups attached to an aromatic ring is 1. The summed E-state index contributed by atoms with van der Waals surface area (Å²) in [5, 5.41) is 15.2. The fraction of sp³-hybridized carbons (Fsp3) is 0.200. The van der Waals surface area contributed by atoms with Gasteiger partial charge < -0.3 is 25.4 Å². The van der Waals surface area contributed by atoms with Gasteiger partial charge in [-0.25, -0.2) is 10.1 Å². The number of carbonyl (C=O) groups excluding carboxylic acids is 1. The van der Waals surface area contributed by atoms with Crippen LogP contribution in [-0.2, 0) is 4.79 Å². The number of ether oxygens (including phenoxy) is 3. The molecule has 0 radical (unpaired) electrons. The lowest BCUT2D eigenvalue weighted by Crippen LogP contribution is -2.17. The fourth-order valence-corrected chi connectivity index (χ4v) is 3.28. The number of aromatic nitrogens is 3. The van der Waals surface area contributed by atoms with Crippen LogP contribution in [0.1, 0.15) is 5.56 Å². The zero-order chi connectivity index (χ0) is 22.9. The first-order valence-corrected chi connectivity index (χ1v) is 10.3. The third-order valence-corrected chi connectivity index (χ3v) is 5.11. The van der Waals surface area contributed by atoms with Gasteiger partial charge in [0, 0.05) is 17.3 Å². The number of para-hydroxylation sites is 1. The average Bonchev–Trinajstić information content (AvgIpc) is 3.17. The van der Waals surface area contributed by atoms with Crippen molar-refractivity contribution < 1.29 is 19.0 Å². The molecule has 0 unspecified atom stereocenters. The molecule has 0 bridgehead atoms. The summed E-state index contributed by atoms with van der Waals surface area (Å²) in [4.78, 5) is 12.3. The minimum Gasteiger partial charge on any atom is -0.496 e. The molecule has 3 rings (SSSR count). The van der Waals surface area contributed by atoms with Gasteiger partial charge in [0.05, 0.1) is 33.3 Å². The van der Waals surface area contributed by atoms with Crippen LogP contribution in [0, 0.1) is 0 Å². The Hall–Kier alpha value is -3.93. The van der Waals surface area contributed by atoms with Crippen molar-refractivity contribution in [1.29, 1.82) is 0 Å². The highest BCUT2D eigenvalue weighted by atomic mass is 32.2. The number of carbonyl (C=O) groups is 1. The van der Waals surface area contributed by atoms with Gasteiger partial charge in [-0.05, 0) is 24.3 Å². The van der Waals surface area contributed by atoms with Crippen LogP contribution < -0.4 is 30.8 Å². The Bertz CT molecular complexity index is 1100. The Morgan fingerprint density at radius 3 is 2.59 bits per heavy atom. The maximum absolute atomic E-state index is 12.3. The van der Waals surface area contributed by atoms with Crippen LogP contribution >= 0.6 is 11.8 Å². The quantitative estimate of drug-likeness (QED) is 0.181. The molecule has 3 aromatic rings. The lowest BCUT2D eigenvalue weighted by molar-refractivity contribution is -0.113. The molecule has 0 spiro atoms. The van der Waals surface area contributed by atoms with E-state index in [4.69, 9.17) is 20.1 Å². The Kier molecular flexibility index (Phi) is 7.75. The summed E-state index contributed by atoms with van der Waals surface area (Å²) >= 11 is 1.13. The Labute approximate surface area is 188 Å². The van der Waals surface area contributed by atoms with E-state index in [9.17, 15) is 4.79 Å². The monoisotopic (exact) mass is 457 g/mol. The van der Waals surface area contributed by atoms with Crippen molar-refractivity contribution in [2.45, 2.75) is 5.16 Å². The fourth-order valence-electron chi connectivity index (χ4n) is 2.63. The first kappa shape index (κ1) is 22.7. The zero-order valence-corrected chi connectivity index (χ0v) is 18.5. The SMILES string of the molecule is COc1ccccc1/C=N/Nc1nnc(SCC(=O)Nc2ccc(OC)c(OC)c2)n1N. The first-order chi connectivity index (χ1) is 15.5. The maximum Gasteiger partial charge on any atom is 0.264 e. The molecule has 0 atom stereocenters. The number of nitrogens with zero attached hydrogens (tertiary/aromatic N) is 4. The zero-order valence-electron chi connectivity index (χ0n) is 17.7. The van der Waals surface area contributed by atoms with Crippen molar-refractivity contribution in [1.82, 2.24) is 14.9 Å². The van der Waals surface area contributed by atoms with Crippen molar-refractivity contribution in [3.8, 4) is 17.2 Å². The Morgan fingerprint density at radius 1 is 1.09 bits per heavy atom. The molecule has 2 aromatic carbocycles. The van der Waals surface area contributed by atoms with Crippen LogP contribution in [0.3, 0.4) is 0 Å². The summed E-state index contributed by atoms with van der Waals surface area (Å²) in [6, 6.07) is 12.5. The van der Waals surface area contributed by atoms with Gasteiger partial charge in [-0.1, -0.05) is 23.9 Å². The van der Waals surface area contributed by atoms with Crippen molar-refractivity contribution >= 4 is 35.5 Å². The number of hydrazone groups is 1. The van der Waals surface area contributed by atoms with E-state index in [-0.39, 0.29) is 17.6 Å². The molecule has 11 nitrogen and oxygen atoms in total. The van der Waals surface area contributed by atoms with Gasteiger partial charge in [-0.15, -0.1) is 10.2 Å². The van der Waals surface area contributed by atoms with Gasteiger partial charge in [0.15, 0.2) is 11.5 Å². The lowest BCUT2D eigenvalue weighted by atomic mass is 10.2. The van der Waals surface area contributed by atoms with Crippen LogP contribution in [0.25, 0.3) is 0 Å². The molecule has 168 valence electrons. The van der Waals surface area contributed by atoms with Gasteiger partial charge in [-0.3, -0.25) is 4.79 Å². The summed E-state index contributed by atoms with van der Waals surface area (Å²) in [5.74, 6) is 7.83. The summed E-state index contributed by atoms with van der Waals surface area (Å²) in [6.07, 6.45) is 1.58. The molecule has 4 N–H and O–H groups in total. The predicted molar refractivity (Wildman–Crippen MR) is 123 cm³/mol. The van der Waals surface area contributed by atoms with Gasteiger partial charge in [-0.2, -0.15) is 5.10 Å². The molecule has 32 heavy (non-hydrogen) atoms. The van der Waals surface area contributed by atoms with Crippen LogP contribution in [-0.4, -0.2) is 54.1 Å². The van der Waals surface area contributed by atoms with Crippen molar-refractivity contribution in [3.05, 3.63) is 48.0 Å². The van der Waals surface area contributed by atoms with Gasteiger partial charge in [0.2, 0.25) is 11.1 Å². The molecular formula is C20H23N7O4S. The van der Waals surface area contributed by atoms with Gasteiger partial charge in [0.25, 0.3) is 5.95 Å². The van der Waals surface area contributed by atoms with E-state index in [0.29, 0.717) is 28.1 Å². The van der Waals surface area contributed by atoms with Crippen molar-refractivity contribution in [2.24, 2.45) is 5.10 Å². The van der Waals surface area contributed by atoms with E-state index >= 15 is 0 Å². The number of hydrogen-bond acceptors (Lipinski definition) is 10. The van der Waals surface area contributed by atoms with Crippen LogP contribution in [0.4, 0.5) is 11.6 Å². The molecule has 0 aliphatic heterocycles. The van der Waals surface area contributed by atoms with E-state index in [1.54, 1.807) is 38.6 Å². The van der Waals surface area contributed by atoms with Gasteiger partial charge in [0.1, 0.15) is 5.75 Å². The number of hydrogen-bond donors (Lipinski definition) is 3. The lowest BCUT2D eigenvalue weighted by Gasteiger charge is -2.10. The molecule has 0 fully saturated rings. The normalized spacial score (nSPS) is 10.7. The maximum atomic E-state index is 12.3. The number of methoxy groups -OCH3 is 3. The summed E-state index contributed by atoms with van der Waals surface area (Å²) < 4.78 is 16.9. The van der Waals surface area contributed by atoms with Crippen LogP contribution in [0.15, 0.2) is 52.7 Å². The second kappa shape index (κ2) is 10.9. The largest absolute Gasteiger partial charge is 0.496 e. The first-order valence-electron chi connectivity index (χ1n) is 9.33. The minimum absolute atomic E-state index is 0.0775. The second-order valence-electron chi connectivity index (χ2n) is 6.19. The number of thioether (sulfide) groups is 1. The number of anilines is 2. The molecular weight excluding hydrogens is 434 g/mol. The smallest absolute Gasteiger partial charge is 0.264 e. The van der Waals surface area contributed by atoms with Crippen LogP contribution in [0.2, 0.25) is 0 Å². The number of benzene rings is 2. The molecule has 0 saturated heterocycles. The van der Waals surface area contributed by atoms with Crippen LogP contribution in [0.5, 0.6) is 17.2 Å². The highest BCUT2D eigenvalue weighted by molar-refractivity contribution is 7.99. The number of rotatable bonds is 10. The topological polar surface area (TPSA) is 138 Å².